The van der Waals surface area contributed by atoms with Crippen LogP contribution in [0.15, 0.2) is 72.8 Å². The van der Waals surface area contributed by atoms with Crippen LogP contribution < -0.4 is 47.2 Å². The molecule has 6 saturated heterocycles. The minimum Gasteiger partial charge on any atom is -0.399 e. The van der Waals surface area contributed by atoms with Gasteiger partial charge in [0.05, 0.1) is 69.2 Å². The Labute approximate surface area is 660 Å². The van der Waals surface area contributed by atoms with Crippen LogP contribution in [0.4, 0.5) is 67.6 Å². The van der Waals surface area contributed by atoms with Gasteiger partial charge in [-0.3, -0.25) is 0 Å². The van der Waals surface area contributed by atoms with Crippen molar-refractivity contribution in [1.29, 1.82) is 0 Å². The highest BCUT2D eigenvalue weighted by atomic mass is 127. The van der Waals surface area contributed by atoms with Gasteiger partial charge in [-0.15, -0.1) is 0 Å². The van der Waals surface area contributed by atoms with E-state index in [-0.39, 0.29) is 57.9 Å². The number of nitrogens with two attached hydrogens (primary N) is 1. The fourth-order valence-electron chi connectivity index (χ4n) is 11.6. The Kier molecular flexibility index (Phi) is 38.0. The maximum atomic E-state index is 13.0. The largest absolute Gasteiger partial charge is 0.495 e. The predicted octanol–water partition coefficient (Wildman–Crippen LogP) is 12.5. The van der Waals surface area contributed by atoms with E-state index in [2.05, 4.69) is 130 Å². The summed E-state index contributed by atoms with van der Waals surface area (Å²) >= 11 is 4.41. The first-order valence-corrected chi connectivity index (χ1v) is 37.7. The number of morpholine rings is 3. The molecule has 23 nitrogen and oxygen atoms in total. The van der Waals surface area contributed by atoms with Crippen LogP contribution in [-0.2, 0) is 37.7 Å². The zero-order valence-corrected chi connectivity index (χ0v) is 69.5. The Hall–Kier alpha value is -4.99. The topological polar surface area (TPSA) is 237 Å². The van der Waals surface area contributed by atoms with E-state index in [1.54, 1.807) is 33.5 Å². The number of hydrogen-bond donors (Lipinski definition) is 5. The molecule has 105 heavy (non-hydrogen) atoms. The summed E-state index contributed by atoms with van der Waals surface area (Å²) in [6, 6.07) is 22.8. The van der Waals surface area contributed by atoms with Crippen molar-refractivity contribution in [2.75, 3.05) is 182 Å². The molecule has 5 aromatic rings. The minimum absolute atomic E-state index is 0. The third-order valence-electron chi connectivity index (χ3n) is 19.1. The summed E-state index contributed by atoms with van der Waals surface area (Å²) < 4.78 is 96.5. The maximum Gasteiger partial charge on any atom is 0.495 e. The first kappa shape index (κ1) is 90.6. The van der Waals surface area contributed by atoms with Gasteiger partial charge >= 0.3 is 25.4 Å². The van der Waals surface area contributed by atoms with Crippen molar-refractivity contribution in [1.82, 2.24) is 24.8 Å². The highest BCUT2D eigenvalue weighted by Crippen LogP contribution is 2.38. The Balaban J connectivity index is 0.000000254. The molecular formula is C73H112BF4I2N13O10S2. The van der Waals surface area contributed by atoms with E-state index in [4.69, 9.17) is 48.4 Å². The van der Waals surface area contributed by atoms with Crippen molar-refractivity contribution in [3.63, 3.8) is 0 Å². The van der Waals surface area contributed by atoms with Crippen molar-refractivity contribution >= 4 is 137 Å². The molecule has 6 N–H and O–H groups in total. The number of rotatable bonds is 19. The summed E-state index contributed by atoms with van der Waals surface area (Å²) in [6.45, 7) is 33.6. The van der Waals surface area contributed by atoms with Gasteiger partial charge in [0, 0.05) is 137 Å². The van der Waals surface area contributed by atoms with Crippen molar-refractivity contribution in [3.8, 4) is 11.1 Å². The normalized spacial score (nSPS) is 19.1. The van der Waals surface area contributed by atoms with Gasteiger partial charge in [-0.1, -0.05) is 31.0 Å². The summed E-state index contributed by atoms with van der Waals surface area (Å²) in [4.78, 5) is 48.7. The first-order chi connectivity index (χ1) is 49.0. The van der Waals surface area contributed by atoms with Gasteiger partial charge in [-0.2, -0.15) is 44.6 Å². The van der Waals surface area contributed by atoms with Crippen LogP contribution >= 0.6 is 72.2 Å². The number of aryl methyl sites for hydroxylation is 2. The lowest BCUT2D eigenvalue weighted by Gasteiger charge is -2.32. The monoisotopic (exact) mass is 1740 g/mol. The van der Waals surface area contributed by atoms with Crippen LogP contribution in [0.5, 0.6) is 0 Å². The molecule has 0 radical (unpaired) electrons. The highest BCUT2D eigenvalue weighted by molar-refractivity contribution is 14.1. The van der Waals surface area contributed by atoms with Crippen LogP contribution in [0, 0.1) is 38.8 Å². The number of anilines is 7. The number of aromatic nitrogens is 3. The Morgan fingerprint density at radius 2 is 1.04 bits per heavy atom. The molecule has 32 heteroatoms. The Morgan fingerprint density at radius 1 is 0.610 bits per heavy atom. The minimum atomic E-state index is -4.20. The fraction of sp³-hybridized carbons (Fsp3) is 0.603. The molecule has 586 valence electrons. The van der Waals surface area contributed by atoms with E-state index in [9.17, 15) is 27.2 Å². The van der Waals surface area contributed by atoms with Crippen LogP contribution in [0.2, 0.25) is 0 Å². The molecule has 5 atom stereocenters. The van der Waals surface area contributed by atoms with Crippen molar-refractivity contribution in [2.45, 2.75) is 131 Å². The number of nitrogens with zero attached hydrogens (tertiary/aromatic N) is 8. The highest BCUT2D eigenvalue weighted by Gasteiger charge is 2.52. The van der Waals surface area contributed by atoms with E-state index in [0.29, 0.717) is 69.9 Å². The Bertz CT molecular complexity index is 3440. The van der Waals surface area contributed by atoms with E-state index in [1.165, 1.54) is 14.5 Å². The zero-order valence-electron chi connectivity index (χ0n) is 63.2. The van der Waals surface area contributed by atoms with Crippen molar-refractivity contribution in [3.05, 3.63) is 97.0 Å². The van der Waals surface area contributed by atoms with Gasteiger partial charge in [-0.05, 0) is 209 Å². The molecule has 0 bridgehead atoms. The molecule has 6 fully saturated rings. The summed E-state index contributed by atoms with van der Waals surface area (Å²) in [6.07, 6.45) is -2.03. The number of halogens is 6. The lowest BCUT2D eigenvalue weighted by atomic mass is 9.76. The number of benzene rings is 2. The van der Waals surface area contributed by atoms with E-state index >= 15 is 0 Å². The number of hydrogen-bond acceptors (Lipinski definition) is 19. The average Bonchev–Trinajstić information content (AvgIpc) is 1.64. The number of nitrogens with one attached hydrogen (secondary N) is 4. The molecule has 0 unspecified atom stereocenters. The van der Waals surface area contributed by atoms with Crippen LogP contribution in [-0.4, -0.2) is 226 Å². The SMILES string of the molecule is CC[C@@H]1CCN(C(=O)Nc2ccc(C)c(-c3cc(NC[C@H](C)OC)nc(N4CCOCC4)c3)c2)C1.CO[C@@H](C)CN.CO[C@@H](C)CNc1cc(I)cc(N2CCOCC2)n1.Cc1ccc(NC(=O)N2CC[C@@H](CC(F)(F)F)C2)cc1B1OC(C)(C)C(C)(C)O1.Fc1cc(I)cc(N2CCOCC2)n1.S.S. The molecule has 11 rings (SSSR count). The molecule has 2 aromatic carbocycles. The number of alkyl halides is 3. The van der Waals surface area contributed by atoms with E-state index < -0.39 is 48.8 Å². The lowest BCUT2D eigenvalue weighted by Crippen LogP contribution is -2.41. The molecule has 3 aromatic heterocycles. The number of amides is 4. The second kappa shape index (κ2) is 44.0. The molecule has 0 spiro atoms. The van der Waals surface area contributed by atoms with Crippen LogP contribution in [0.1, 0.15) is 92.2 Å². The standard InChI is InChI=1S/C27H39N5O3.C20H28BF3N2O3.C13H20IN3O2.C9H10FIN2O.C4H11NO.2H2S/c1-5-21-8-9-32(18-21)27(33)29-23-7-6-19(2)24(16-23)22-14-25(28-17-20(3)34-4)30-26(15-22)31-10-12-35-13-11-31;1-13-6-7-15(10-16(13)21-28-18(2,3)19(4,5)29-21)25-17(27)26-9-8-14(12-26)11-20(22,23)24;1-10(18-2)9-15-12-7-11(14)8-13(16-12)17-3-5-19-6-4-17;10-8-5-7(11)6-9(12-8)13-1-3-14-4-2-13;1-4(3-5)6-2;;/h6-7,14-16,20-21H,5,8-13,17-18H2,1-4H3,(H,28,30)(H,29,33);6-7,10,14H,8-9,11-12H2,1-5H3,(H,25,27);7-8,10H,3-6,9H2,1-2H3,(H,15,16);5-6H,1-4H2;4H,3,5H2,1-2H3;2*1H2/t20-,21+;14-;10-;;4-;;/m000.0../s1. The second-order valence-corrected chi connectivity index (χ2v) is 30.0. The average molecular weight is 1740 g/mol. The van der Waals surface area contributed by atoms with Gasteiger partial charge in [0.1, 0.15) is 29.1 Å². The molecule has 9 heterocycles. The molecule has 0 saturated carbocycles. The molecule has 6 aliphatic heterocycles. The van der Waals surface area contributed by atoms with Gasteiger partial charge in [0.15, 0.2) is 0 Å². The van der Waals surface area contributed by atoms with E-state index in [1.807, 2.05) is 89.5 Å². The van der Waals surface area contributed by atoms with Crippen LogP contribution in [0.3, 0.4) is 0 Å². The molecule has 4 amide bonds. The number of urea groups is 2. The summed E-state index contributed by atoms with van der Waals surface area (Å²) in [7, 11) is 4.52. The van der Waals surface area contributed by atoms with Gasteiger partial charge < -0.3 is 89.2 Å². The number of pyridine rings is 3. The smallest absolute Gasteiger partial charge is 0.399 e. The van der Waals surface area contributed by atoms with Gasteiger partial charge in [0.25, 0.3) is 0 Å². The second-order valence-electron chi connectivity index (χ2n) is 27.5. The number of methoxy groups -OCH3 is 3. The molecule has 0 aliphatic carbocycles. The Morgan fingerprint density at radius 3 is 1.48 bits per heavy atom. The third kappa shape index (κ3) is 29.1. The fourth-order valence-corrected chi connectivity index (χ4v) is 12.7. The molecular weight excluding hydrogens is 1620 g/mol. The first-order valence-electron chi connectivity index (χ1n) is 35.5. The van der Waals surface area contributed by atoms with Crippen molar-refractivity contribution < 1.29 is 64.9 Å². The summed E-state index contributed by atoms with van der Waals surface area (Å²) in [5.74, 6) is 4.01. The molecule has 6 aliphatic rings. The number of carbonyl (C=O) groups excluding carboxylic acids is 2. The van der Waals surface area contributed by atoms with Gasteiger partial charge in [0.2, 0.25) is 5.95 Å². The quantitative estimate of drug-likeness (QED) is 0.0224. The van der Waals surface area contributed by atoms with Gasteiger partial charge in [-0.25, -0.2) is 24.5 Å². The number of carbonyl (C=O) groups is 2. The summed E-state index contributed by atoms with van der Waals surface area (Å²) in [5, 5.41) is 12.7. The number of ether oxygens (including phenoxy) is 6. The third-order valence-corrected chi connectivity index (χ3v) is 20.3. The number of likely N-dealkylation sites (tertiary alicyclic amines) is 2. The zero-order chi connectivity index (χ0) is 75.0. The summed E-state index contributed by atoms with van der Waals surface area (Å²) in [5.41, 5.74) is 10.6. The van der Waals surface area contributed by atoms with Crippen molar-refractivity contribution in [2.24, 2.45) is 17.6 Å². The lowest BCUT2D eigenvalue weighted by molar-refractivity contribution is -0.143. The van der Waals surface area contributed by atoms with E-state index in [0.717, 1.165) is 145 Å². The maximum absolute atomic E-state index is 13.0. The predicted molar refractivity (Wildman–Crippen MR) is 439 cm³/mol. The van der Waals surface area contributed by atoms with Crippen LogP contribution in [0.25, 0.3) is 11.1 Å².